The van der Waals surface area contributed by atoms with Gasteiger partial charge in [0.2, 0.25) is 0 Å². The topological polar surface area (TPSA) is 36.9 Å². The first-order valence-corrected chi connectivity index (χ1v) is 27.7. The molecule has 0 atom stereocenters. The molecule has 0 amide bonds. The SMILES string of the molecule is COCOc1c(-c2ccc(C#C[Si](C(C)C)(C(C)C)C(C)C)cc2)cc2ccccc2c1-c1c(OCOC)c(-c2ccc(C#C[Si](C(C)C)(C(C)C)C(C)C)cc2)cc2ccccc12. The van der Waals surface area contributed by atoms with Gasteiger partial charge in [-0.15, -0.1) is 11.1 Å². The van der Waals surface area contributed by atoms with Crippen molar-refractivity contribution < 1.29 is 18.9 Å². The highest BCUT2D eigenvalue weighted by atomic mass is 28.3. The molecular weight excluding hydrogens is 817 g/mol. The minimum atomic E-state index is -1.90. The zero-order valence-electron chi connectivity index (χ0n) is 40.9. The van der Waals surface area contributed by atoms with Gasteiger partial charge in [-0.3, -0.25) is 0 Å². The van der Waals surface area contributed by atoms with Gasteiger partial charge in [0.1, 0.15) is 27.6 Å². The molecule has 0 unspecified atom stereocenters. The summed E-state index contributed by atoms with van der Waals surface area (Å²) in [4.78, 5) is 0. The zero-order valence-corrected chi connectivity index (χ0v) is 42.9. The number of ether oxygens (including phenoxy) is 4. The van der Waals surface area contributed by atoms with Crippen LogP contribution in [0.15, 0.2) is 109 Å². The number of benzene rings is 6. The first-order chi connectivity index (χ1) is 30.6. The van der Waals surface area contributed by atoms with Crippen molar-refractivity contribution in [1.82, 2.24) is 0 Å². The summed E-state index contributed by atoms with van der Waals surface area (Å²) in [5.41, 5.74) is 19.1. The number of fused-ring (bicyclic) bond motifs is 2. The average Bonchev–Trinajstić information content (AvgIpc) is 3.27. The van der Waals surface area contributed by atoms with E-state index in [1.165, 1.54) is 0 Å². The van der Waals surface area contributed by atoms with Gasteiger partial charge < -0.3 is 18.9 Å². The summed E-state index contributed by atoms with van der Waals surface area (Å²) in [6, 6.07) is 38.9. The fourth-order valence-electron chi connectivity index (χ4n) is 10.8. The molecule has 0 radical (unpaired) electrons. The zero-order chi connectivity index (χ0) is 46.3. The summed E-state index contributed by atoms with van der Waals surface area (Å²) < 4.78 is 24.8. The van der Waals surface area contributed by atoms with Crippen LogP contribution in [0.1, 0.15) is 94.2 Å². The van der Waals surface area contributed by atoms with E-state index >= 15 is 0 Å². The molecule has 0 N–H and O–H groups in total. The lowest BCUT2D eigenvalue weighted by atomic mass is 9.86. The second kappa shape index (κ2) is 20.8. The van der Waals surface area contributed by atoms with Crippen LogP contribution in [-0.2, 0) is 9.47 Å². The van der Waals surface area contributed by atoms with Gasteiger partial charge in [0.25, 0.3) is 0 Å². The van der Waals surface area contributed by atoms with E-state index in [2.05, 4.69) is 215 Å². The molecule has 6 aromatic carbocycles. The predicted octanol–water partition coefficient (Wildman–Crippen LogP) is 16.1. The van der Waals surface area contributed by atoms with Gasteiger partial charge in [0.15, 0.2) is 13.6 Å². The third kappa shape index (κ3) is 9.49. The van der Waals surface area contributed by atoms with Gasteiger partial charge in [0, 0.05) is 47.6 Å². The maximum Gasteiger partial charge on any atom is 0.188 e. The summed E-state index contributed by atoms with van der Waals surface area (Å²) in [6.45, 7) is 28.4. The van der Waals surface area contributed by atoms with Crippen molar-refractivity contribution in [1.29, 1.82) is 0 Å². The summed E-state index contributed by atoms with van der Waals surface area (Å²) in [5.74, 6) is 8.73. The molecule has 6 heteroatoms. The Morgan fingerprint density at radius 2 is 0.734 bits per heavy atom. The van der Waals surface area contributed by atoms with Gasteiger partial charge in [0.05, 0.1) is 0 Å². The lowest BCUT2D eigenvalue weighted by Crippen LogP contribution is -2.43. The third-order valence-corrected chi connectivity index (χ3v) is 26.4. The first-order valence-electron chi connectivity index (χ1n) is 23.2. The van der Waals surface area contributed by atoms with Crippen molar-refractivity contribution >= 4 is 37.7 Å². The third-order valence-electron chi connectivity index (χ3n) is 13.9. The van der Waals surface area contributed by atoms with E-state index in [0.717, 1.165) is 66.1 Å². The van der Waals surface area contributed by atoms with Gasteiger partial charge in [-0.25, -0.2) is 0 Å². The summed E-state index contributed by atoms with van der Waals surface area (Å²) in [7, 11) is -0.474. The van der Waals surface area contributed by atoms with Crippen molar-refractivity contribution in [3.8, 4) is 67.8 Å². The van der Waals surface area contributed by atoms with E-state index in [4.69, 9.17) is 18.9 Å². The van der Waals surface area contributed by atoms with Gasteiger partial charge in [-0.2, -0.15) is 0 Å². The fraction of sp³-hybridized carbons (Fsp3) is 0.379. The van der Waals surface area contributed by atoms with Crippen molar-refractivity contribution in [3.63, 3.8) is 0 Å². The van der Waals surface area contributed by atoms with Gasteiger partial charge in [-0.05, 0) is 102 Å². The minimum absolute atomic E-state index is 0.0666. The summed E-state index contributed by atoms with van der Waals surface area (Å²) >= 11 is 0. The van der Waals surface area contributed by atoms with Crippen LogP contribution in [0.25, 0.3) is 54.9 Å². The monoisotopic (exact) mass is 886 g/mol. The largest absolute Gasteiger partial charge is 0.466 e. The van der Waals surface area contributed by atoms with E-state index in [-0.39, 0.29) is 13.6 Å². The van der Waals surface area contributed by atoms with Crippen LogP contribution in [0.5, 0.6) is 11.5 Å². The molecule has 0 saturated carbocycles. The minimum Gasteiger partial charge on any atom is -0.466 e. The van der Waals surface area contributed by atoms with E-state index in [9.17, 15) is 0 Å². The smallest absolute Gasteiger partial charge is 0.188 e. The van der Waals surface area contributed by atoms with E-state index in [0.29, 0.717) is 44.7 Å². The van der Waals surface area contributed by atoms with Crippen LogP contribution >= 0.6 is 0 Å². The second-order valence-electron chi connectivity index (χ2n) is 19.2. The van der Waals surface area contributed by atoms with E-state index < -0.39 is 16.1 Å². The number of rotatable bonds is 15. The van der Waals surface area contributed by atoms with Crippen LogP contribution in [0.2, 0.25) is 33.2 Å². The highest BCUT2D eigenvalue weighted by Crippen LogP contribution is 2.52. The number of hydrogen-bond acceptors (Lipinski definition) is 4. The van der Waals surface area contributed by atoms with Crippen LogP contribution < -0.4 is 9.47 Å². The lowest BCUT2D eigenvalue weighted by Gasteiger charge is -2.38. The molecule has 6 rings (SSSR count). The highest BCUT2D eigenvalue weighted by molar-refractivity contribution is 6.91. The van der Waals surface area contributed by atoms with Gasteiger partial charge in [-0.1, -0.05) is 168 Å². The van der Waals surface area contributed by atoms with Crippen molar-refractivity contribution in [2.24, 2.45) is 0 Å². The first kappa shape index (κ1) is 48.4. The molecule has 0 bridgehead atoms. The molecule has 0 aliphatic heterocycles. The number of methoxy groups -OCH3 is 2. The number of hydrogen-bond donors (Lipinski definition) is 0. The van der Waals surface area contributed by atoms with Crippen LogP contribution in [-0.4, -0.2) is 44.0 Å². The van der Waals surface area contributed by atoms with Crippen molar-refractivity contribution in [2.75, 3.05) is 27.8 Å². The predicted molar refractivity (Wildman–Crippen MR) is 279 cm³/mol. The molecule has 0 spiro atoms. The standard InChI is InChI=1S/C58H70O4Si2/c1-39(2)63(40(3)4,41(5)6)33-31-45-23-27-47(28-24-45)53-35-49-19-15-17-21-51(49)55(57(53)61-37-59-13)56-52-22-18-16-20-50(52)36-54(58(56)62-38-60-14)48-29-25-46(26-30-48)32-34-64(42(7)8,43(9)10)44(11)12/h15-30,35-36,39-44H,37-38H2,1-14H3. The summed E-state index contributed by atoms with van der Waals surface area (Å²) in [5, 5.41) is 4.25. The molecule has 4 nitrogen and oxygen atoms in total. The maximum absolute atomic E-state index is 6.77. The Morgan fingerprint density at radius 3 is 1.03 bits per heavy atom. The molecule has 0 aliphatic carbocycles. The Kier molecular flexibility index (Phi) is 15.7. The highest BCUT2D eigenvalue weighted by Gasteiger charge is 2.42. The average molecular weight is 887 g/mol. The molecule has 0 aromatic heterocycles. The quantitative estimate of drug-likeness (QED) is 0.0585. The Balaban J connectivity index is 1.60. The molecule has 6 aromatic rings. The van der Waals surface area contributed by atoms with Crippen LogP contribution in [0.4, 0.5) is 0 Å². The molecule has 64 heavy (non-hydrogen) atoms. The molecule has 0 fully saturated rings. The Hall–Kier alpha value is -5.09. The molecule has 0 saturated heterocycles. The Bertz CT molecular complexity index is 2440. The van der Waals surface area contributed by atoms with Crippen molar-refractivity contribution in [2.45, 2.75) is 116 Å². The Labute approximate surface area is 387 Å². The fourth-order valence-corrected chi connectivity index (χ4v) is 21.3. The molecule has 0 heterocycles. The molecule has 334 valence electrons. The van der Waals surface area contributed by atoms with Gasteiger partial charge >= 0.3 is 0 Å². The van der Waals surface area contributed by atoms with E-state index in [1.807, 2.05) is 0 Å². The lowest BCUT2D eigenvalue weighted by molar-refractivity contribution is 0.0506. The van der Waals surface area contributed by atoms with Crippen molar-refractivity contribution in [3.05, 3.63) is 120 Å². The summed E-state index contributed by atoms with van der Waals surface area (Å²) in [6.07, 6.45) is 0. The maximum atomic E-state index is 6.77. The van der Waals surface area contributed by atoms with Crippen LogP contribution in [0.3, 0.4) is 0 Å². The Morgan fingerprint density at radius 1 is 0.422 bits per heavy atom. The molecular formula is C58H70O4Si2. The van der Waals surface area contributed by atoms with Crippen LogP contribution in [0, 0.1) is 22.9 Å². The second-order valence-corrected chi connectivity index (χ2v) is 30.4. The molecule has 0 aliphatic rings. The normalized spacial score (nSPS) is 12.1. The van der Waals surface area contributed by atoms with E-state index in [1.54, 1.807) is 14.2 Å².